The second-order valence-corrected chi connectivity index (χ2v) is 4.80. The zero-order valence-corrected chi connectivity index (χ0v) is 10.9. The van der Waals surface area contributed by atoms with Gasteiger partial charge in [0.05, 0.1) is 6.10 Å². The maximum Gasteiger partial charge on any atom is 0.251 e. The Hall–Kier alpha value is -1.06. The van der Waals surface area contributed by atoms with E-state index in [0.29, 0.717) is 23.6 Å². The number of nitrogens with one attached hydrogen (secondary N) is 1. The van der Waals surface area contributed by atoms with Crippen molar-refractivity contribution in [2.24, 2.45) is 5.92 Å². The molecule has 0 aliphatic carbocycles. The van der Waals surface area contributed by atoms with Crippen LogP contribution in [0.3, 0.4) is 0 Å². The van der Waals surface area contributed by atoms with Crippen LogP contribution in [0.5, 0.6) is 0 Å². The summed E-state index contributed by atoms with van der Waals surface area (Å²) in [4.78, 5) is 11.7. The van der Waals surface area contributed by atoms with Crippen LogP contribution in [0.25, 0.3) is 0 Å². The predicted octanol–water partition coefficient (Wildman–Crippen LogP) is 2.48. The van der Waals surface area contributed by atoms with E-state index in [1.165, 1.54) is 0 Å². The van der Waals surface area contributed by atoms with Crippen LogP contribution < -0.4 is 5.32 Å². The van der Waals surface area contributed by atoms with E-state index in [-0.39, 0.29) is 17.9 Å². The second kappa shape index (κ2) is 6.62. The quantitative estimate of drug-likeness (QED) is 0.849. The predicted molar refractivity (Wildman–Crippen MR) is 69.2 cm³/mol. The molecule has 0 bridgehead atoms. The zero-order valence-electron chi connectivity index (χ0n) is 10.1. The first-order valence-electron chi connectivity index (χ1n) is 5.72. The first kappa shape index (κ1) is 14.0. The Balaban J connectivity index is 2.40. The molecule has 1 aromatic rings. The standard InChI is InChI=1S/C13H18ClNO2/c1-9(2)12(16)6-7-15-13(17)10-4-3-5-11(14)8-10/h3-5,8-9,12,16H,6-7H2,1-2H3,(H,15,17). The highest BCUT2D eigenvalue weighted by Gasteiger charge is 2.10. The minimum absolute atomic E-state index is 0.163. The maximum atomic E-state index is 11.7. The average Bonchev–Trinajstić information content (AvgIpc) is 2.28. The van der Waals surface area contributed by atoms with Crippen molar-refractivity contribution in [2.75, 3.05) is 6.54 Å². The van der Waals surface area contributed by atoms with Crippen molar-refractivity contribution < 1.29 is 9.90 Å². The number of rotatable bonds is 5. The summed E-state index contributed by atoms with van der Waals surface area (Å²) >= 11 is 5.79. The van der Waals surface area contributed by atoms with Gasteiger partial charge in [-0.1, -0.05) is 31.5 Å². The third-order valence-electron chi connectivity index (χ3n) is 2.58. The molecule has 1 aromatic carbocycles. The number of aliphatic hydroxyl groups excluding tert-OH is 1. The molecule has 1 atom stereocenters. The Morgan fingerprint density at radius 1 is 1.47 bits per heavy atom. The molecular formula is C13H18ClNO2. The normalized spacial score (nSPS) is 12.5. The summed E-state index contributed by atoms with van der Waals surface area (Å²) in [5.74, 6) is 0.0431. The summed E-state index contributed by atoms with van der Waals surface area (Å²) in [5.41, 5.74) is 0.538. The van der Waals surface area contributed by atoms with Gasteiger partial charge < -0.3 is 10.4 Å². The topological polar surface area (TPSA) is 49.3 Å². The smallest absolute Gasteiger partial charge is 0.251 e. The fourth-order valence-corrected chi connectivity index (χ4v) is 1.59. The Kier molecular flexibility index (Phi) is 5.45. The van der Waals surface area contributed by atoms with E-state index in [4.69, 9.17) is 11.6 Å². The van der Waals surface area contributed by atoms with E-state index in [1.54, 1.807) is 24.3 Å². The van der Waals surface area contributed by atoms with Gasteiger partial charge in [0.25, 0.3) is 5.91 Å². The summed E-state index contributed by atoms with van der Waals surface area (Å²) in [7, 11) is 0. The molecule has 0 saturated carbocycles. The molecule has 4 heteroatoms. The fourth-order valence-electron chi connectivity index (χ4n) is 1.40. The molecule has 1 unspecified atom stereocenters. The summed E-state index contributed by atoms with van der Waals surface area (Å²) in [6.45, 7) is 4.36. The summed E-state index contributed by atoms with van der Waals surface area (Å²) in [6, 6.07) is 6.79. The SMILES string of the molecule is CC(C)C(O)CCNC(=O)c1cccc(Cl)c1. The number of hydrogen-bond acceptors (Lipinski definition) is 2. The van der Waals surface area contributed by atoms with Crippen molar-refractivity contribution in [2.45, 2.75) is 26.4 Å². The maximum absolute atomic E-state index is 11.7. The Labute approximate surface area is 107 Å². The molecule has 0 fully saturated rings. The Bertz CT molecular complexity index is 379. The van der Waals surface area contributed by atoms with Crippen molar-refractivity contribution in [1.29, 1.82) is 0 Å². The number of benzene rings is 1. The number of carbonyl (C=O) groups excluding carboxylic acids is 1. The van der Waals surface area contributed by atoms with Crippen molar-refractivity contribution in [1.82, 2.24) is 5.32 Å². The molecule has 17 heavy (non-hydrogen) atoms. The highest BCUT2D eigenvalue weighted by atomic mass is 35.5. The molecule has 0 aliphatic heterocycles. The largest absolute Gasteiger partial charge is 0.393 e. The summed E-state index contributed by atoms with van der Waals surface area (Å²) in [5, 5.41) is 12.9. The first-order chi connectivity index (χ1) is 8.00. The van der Waals surface area contributed by atoms with E-state index in [9.17, 15) is 9.90 Å². The van der Waals surface area contributed by atoms with Crippen molar-refractivity contribution in [3.8, 4) is 0 Å². The Morgan fingerprint density at radius 3 is 2.76 bits per heavy atom. The number of carbonyl (C=O) groups is 1. The van der Waals surface area contributed by atoms with Gasteiger partial charge in [-0.3, -0.25) is 4.79 Å². The van der Waals surface area contributed by atoms with Gasteiger partial charge in [-0.25, -0.2) is 0 Å². The lowest BCUT2D eigenvalue weighted by molar-refractivity contribution is 0.0920. The molecule has 0 aromatic heterocycles. The van der Waals surface area contributed by atoms with Crippen molar-refractivity contribution >= 4 is 17.5 Å². The molecule has 0 radical (unpaired) electrons. The number of aliphatic hydroxyl groups is 1. The van der Waals surface area contributed by atoms with Gasteiger partial charge in [-0.2, -0.15) is 0 Å². The van der Waals surface area contributed by atoms with E-state index >= 15 is 0 Å². The second-order valence-electron chi connectivity index (χ2n) is 4.37. The minimum atomic E-state index is -0.380. The van der Waals surface area contributed by atoms with Gasteiger partial charge in [-0.05, 0) is 30.5 Å². The molecule has 0 aliphatic rings. The van der Waals surface area contributed by atoms with E-state index in [0.717, 1.165) is 0 Å². The molecule has 1 amide bonds. The number of hydrogen-bond donors (Lipinski definition) is 2. The monoisotopic (exact) mass is 255 g/mol. The highest BCUT2D eigenvalue weighted by molar-refractivity contribution is 6.30. The number of halogens is 1. The van der Waals surface area contributed by atoms with Gasteiger partial charge in [0, 0.05) is 17.1 Å². The third-order valence-corrected chi connectivity index (χ3v) is 2.82. The van der Waals surface area contributed by atoms with Crippen molar-refractivity contribution in [3.05, 3.63) is 34.9 Å². The Morgan fingerprint density at radius 2 is 2.18 bits per heavy atom. The molecular weight excluding hydrogens is 238 g/mol. The molecule has 2 N–H and O–H groups in total. The van der Waals surface area contributed by atoms with Crippen LogP contribution >= 0.6 is 11.6 Å². The van der Waals surface area contributed by atoms with Gasteiger partial charge in [0.2, 0.25) is 0 Å². The van der Waals surface area contributed by atoms with E-state index in [1.807, 2.05) is 13.8 Å². The van der Waals surface area contributed by atoms with E-state index < -0.39 is 0 Å². The van der Waals surface area contributed by atoms with Crippen LogP contribution in [0.1, 0.15) is 30.6 Å². The molecule has 1 rings (SSSR count). The molecule has 0 heterocycles. The zero-order chi connectivity index (χ0) is 12.8. The fraction of sp³-hybridized carbons (Fsp3) is 0.462. The lowest BCUT2D eigenvalue weighted by Gasteiger charge is -2.14. The summed E-state index contributed by atoms with van der Waals surface area (Å²) < 4.78 is 0. The third kappa shape index (κ3) is 4.75. The van der Waals surface area contributed by atoms with Gasteiger partial charge in [-0.15, -0.1) is 0 Å². The lowest BCUT2D eigenvalue weighted by Crippen LogP contribution is -2.28. The van der Waals surface area contributed by atoms with Gasteiger partial charge >= 0.3 is 0 Å². The molecule has 0 saturated heterocycles. The average molecular weight is 256 g/mol. The molecule has 94 valence electrons. The van der Waals surface area contributed by atoms with Crippen molar-refractivity contribution in [3.63, 3.8) is 0 Å². The van der Waals surface area contributed by atoms with Crippen LogP contribution in [-0.4, -0.2) is 23.7 Å². The van der Waals surface area contributed by atoms with E-state index in [2.05, 4.69) is 5.32 Å². The van der Waals surface area contributed by atoms with Crippen LogP contribution in [0.2, 0.25) is 5.02 Å². The molecule has 0 spiro atoms. The van der Waals surface area contributed by atoms with Crippen LogP contribution in [0.4, 0.5) is 0 Å². The lowest BCUT2D eigenvalue weighted by atomic mass is 10.0. The van der Waals surface area contributed by atoms with Crippen LogP contribution in [0, 0.1) is 5.92 Å². The van der Waals surface area contributed by atoms with Gasteiger partial charge in [0.1, 0.15) is 0 Å². The van der Waals surface area contributed by atoms with Crippen LogP contribution in [-0.2, 0) is 0 Å². The summed E-state index contributed by atoms with van der Waals surface area (Å²) in [6.07, 6.45) is 0.180. The number of amides is 1. The van der Waals surface area contributed by atoms with Crippen LogP contribution in [0.15, 0.2) is 24.3 Å². The first-order valence-corrected chi connectivity index (χ1v) is 6.10. The minimum Gasteiger partial charge on any atom is -0.393 e. The highest BCUT2D eigenvalue weighted by Crippen LogP contribution is 2.10. The molecule has 3 nitrogen and oxygen atoms in total. The van der Waals surface area contributed by atoms with Gasteiger partial charge in [0.15, 0.2) is 0 Å².